The van der Waals surface area contributed by atoms with Gasteiger partial charge in [0.05, 0.1) is 44.7 Å². The van der Waals surface area contributed by atoms with Gasteiger partial charge in [0.2, 0.25) is 11.8 Å². The molecule has 24 atom stereocenters. The number of hydrogen-bond acceptors (Lipinski definition) is 24. The predicted octanol–water partition coefficient (Wildman–Crippen LogP) is 4.49. The third-order valence-electron chi connectivity index (χ3n) is 19.8. The van der Waals surface area contributed by atoms with Crippen LogP contribution in [-0.4, -0.2) is 257 Å². The molecule has 2 amide bonds. The van der Waals surface area contributed by atoms with E-state index in [2.05, 4.69) is 24.5 Å². The van der Waals surface area contributed by atoms with Crippen molar-refractivity contribution in [2.24, 2.45) is 0 Å². The molecular formula is C71H134N2O24. The predicted molar refractivity (Wildman–Crippen MR) is 360 cm³/mol. The van der Waals surface area contributed by atoms with E-state index in [9.17, 15) is 81.1 Å². The van der Waals surface area contributed by atoms with Gasteiger partial charge in [-0.2, -0.15) is 0 Å². The fraction of sp³-hybridized carbons (Fsp3) is 0.972. The van der Waals surface area contributed by atoms with Crippen molar-refractivity contribution in [1.82, 2.24) is 10.6 Å². The molecule has 4 aliphatic heterocycles. The van der Waals surface area contributed by atoms with Crippen molar-refractivity contribution < 1.29 is 119 Å². The van der Waals surface area contributed by atoms with Gasteiger partial charge in [0.15, 0.2) is 25.2 Å². The first kappa shape index (κ1) is 87.5. The maximum Gasteiger partial charge on any atom is 0.249 e. The number of unbranched alkanes of at least 4 members (excludes halogenated alkanes) is 33. The third-order valence-corrected chi connectivity index (χ3v) is 19.8. The number of nitrogens with one attached hydrogen (secondary N) is 2. The summed E-state index contributed by atoms with van der Waals surface area (Å²) in [6.07, 6.45) is 3.63. The molecule has 97 heavy (non-hydrogen) atoms. The van der Waals surface area contributed by atoms with Crippen LogP contribution in [0.25, 0.3) is 0 Å². The Kier molecular flexibility index (Phi) is 45.5. The molecular weight excluding hydrogens is 1260 g/mol. The number of hydrogen-bond donors (Lipinski definition) is 16. The average molecular weight is 1400 g/mol. The monoisotopic (exact) mass is 1400 g/mol. The molecule has 0 aliphatic carbocycles. The van der Waals surface area contributed by atoms with Crippen LogP contribution in [-0.2, 0) is 47.5 Å². The Labute approximate surface area is 578 Å². The van der Waals surface area contributed by atoms with E-state index in [0.717, 1.165) is 64.7 Å². The van der Waals surface area contributed by atoms with E-state index in [1.54, 1.807) is 0 Å². The van der Waals surface area contributed by atoms with Crippen molar-refractivity contribution in [2.75, 3.05) is 26.4 Å². The van der Waals surface area contributed by atoms with Gasteiger partial charge in [0, 0.05) is 6.92 Å². The van der Waals surface area contributed by atoms with Crippen LogP contribution in [0.15, 0.2) is 0 Å². The van der Waals surface area contributed by atoms with Crippen LogP contribution in [0, 0.1) is 0 Å². The first-order valence-electron chi connectivity index (χ1n) is 37.8. The van der Waals surface area contributed by atoms with Crippen LogP contribution in [0.4, 0.5) is 0 Å². The van der Waals surface area contributed by atoms with E-state index < -0.39 is 185 Å². The average Bonchev–Trinajstić information content (AvgIpc) is 0.799. The van der Waals surface area contributed by atoms with Gasteiger partial charge >= 0.3 is 0 Å². The molecule has 26 heteroatoms. The summed E-state index contributed by atoms with van der Waals surface area (Å²) in [4.78, 5) is 26.4. The molecule has 0 aromatic rings. The summed E-state index contributed by atoms with van der Waals surface area (Å²) in [5.41, 5.74) is 0. The highest BCUT2D eigenvalue weighted by Gasteiger charge is 2.54. The van der Waals surface area contributed by atoms with E-state index in [1.165, 1.54) is 161 Å². The third kappa shape index (κ3) is 31.5. The van der Waals surface area contributed by atoms with Gasteiger partial charge in [-0.1, -0.05) is 239 Å². The zero-order valence-corrected chi connectivity index (χ0v) is 59.2. The highest BCUT2D eigenvalue weighted by Crippen LogP contribution is 2.34. The van der Waals surface area contributed by atoms with Crippen molar-refractivity contribution in [3.63, 3.8) is 0 Å². The van der Waals surface area contributed by atoms with Crippen molar-refractivity contribution in [3.8, 4) is 0 Å². The highest BCUT2D eigenvalue weighted by molar-refractivity contribution is 5.80. The second kappa shape index (κ2) is 50.5. The molecule has 572 valence electrons. The Morgan fingerprint density at radius 1 is 0.412 bits per heavy atom. The minimum atomic E-state index is -2.10. The van der Waals surface area contributed by atoms with Crippen LogP contribution in [0.1, 0.15) is 265 Å². The molecule has 0 saturated carbocycles. The Bertz CT molecular complexity index is 1990. The second-order valence-electron chi connectivity index (χ2n) is 28.1. The molecule has 4 fully saturated rings. The Balaban J connectivity index is 1.37. The summed E-state index contributed by atoms with van der Waals surface area (Å²) in [6, 6.07) is -2.93. The molecule has 4 saturated heterocycles. The minimum Gasteiger partial charge on any atom is -0.394 e. The summed E-state index contributed by atoms with van der Waals surface area (Å²) >= 11 is 0. The van der Waals surface area contributed by atoms with E-state index in [4.69, 9.17) is 37.9 Å². The number of aliphatic hydroxyl groups is 14. The fourth-order valence-corrected chi connectivity index (χ4v) is 13.5. The molecule has 0 aromatic heterocycles. The Morgan fingerprint density at radius 3 is 1.25 bits per heavy atom. The Morgan fingerprint density at radius 2 is 0.794 bits per heavy atom. The van der Waals surface area contributed by atoms with Crippen LogP contribution >= 0.6 is 0 Å². The summed E-state index contributed by atoms with van der Waals surface area (Å²) in [6.45, 7) is 3.81. The number of ether oxygens (including phenoxy) is 8. The summed E-state index contributed by atoms with van der Waals surface area (Å²) < 4.78 is 47.2. The van der Waals surface area contributed by atoms with Crippen molar-refractivity contribution in [3.05, 3.63) is 0 Å². The standard InChI is InChI=1S/C71H134N2O24/c1-5-7-9-11-13-15-17-19-21-22-23-24-25-26-27-29-31-33-35-37-39-41-50(78)67(89)73-48(56(80)49(77)40-38-36-34-32-30-28-20-18-16-14-12-10-8-6-2)44-90-71-66(62(86)57(81)51(42-74)94-71)97-70-64(88)61(85)58(82)53(95-70)45-91-68-54(72-47(4)76)65(59(83)52(43-75)93-68)96-69-63(87)60(84)55(79)46(3)92-69/h46,48-66,68-71,74-75,77-88H,5-45H2,1-4H3,(H,72,76)(H,73,89). The van der Waals surface area contributed by atoms with Gasteiger partial charge in [-0.3, -0.25) is 9.59 Å². The number of rotatable bonds is 54. The van der Waals surface area contributed by atoms with E-state index in [0.29, 0.717) is 12.8 Å². The maximum atomic E-state index is 13.8. The zero-order valence-electron chi connectivity index (χ0n) is 59.2. The molecule has 4 aliphatic rings. The molecule has 0 aromatic carbocycles. The van der Waals surface area contributed by atoms with Crippen LogP contribution < -0.4 is 10.6 Å². The van der Waals surface area contributed by atoms with E-state index >= 15 is 0 Å². The summed E-state index contributed by atoms with van der Waals surface area (Å²) in [5.74, 6) is -1.55. The molecule has 24 unspecified atom stereocenters. The lowest BCUT2D eigenvalue weighted by atomic mass is 9.95. The summed E-state index contributed by atoms with van der Waals surface area (Å²) in [7, 11) is 0. The van der Waals surface area contributed by atoms with Gasteiger partial charge < -0.3 is 120 Å². The van der Waals surface area contributed by atoms with Crippen LogP contribution in [0.2, 0.25) is 0 Å². The number of aliphatic hydroxyl groups excluding tert-OH is 14. The lowest BCUT2D eigenvalue weighted by Gasteiger charge is -2.48. The van der Waals surface area contributed by atoms with Crippen LogP contribution in [0.3, 0.4) is 0 Å². The van der Waals surface area contributed by atoms with Gasteiger partial charge in [-0.25, -0.2) is 0 Å². The van der Waals surface area contributed by atoms with E-state index in [-0.39, 0.29) is 12.8 Å². The van der Waals surface area contributed by atoms with Crippen molar-refractivity contribution in [1.29, 1.82) is 0 Å². The number of carbonyl (C=O) groups is 2. The molecule has 16 N–H and O–H groups in total. The number of amides is 2. The fourth-order valence-electron chi connectivity index (χ4n) is 13.5. The summed E-state index contributed by atoms with van der Waals surface area (Å²) in [5, 5.41) is 159. The van der Waals surface area contributed by atoms with Gasteiger partial charge in [0.25, 0.3) is 0 Å². The van der Waals surface area contributed by atoms with Crippen LogP contribution in [0.5, 0.6) is 0 Å². The SMILES string of the molecule is CCCCCCCCCCCCCCCCCCCCCCCC(O)C(=O)NC(COC1OC(CO)C(O)C(O)C1OC1OC(COC2OC(CO)C(O)C(OC3OC(C)C(O)C(O)C3O)C2NC(C)=O)C(O)C(O)C1O)C(O)C(O)CCCCCCCCCCCCCCCC. The quantitative estimate of drug-likeness (QED) is 0.0373. The molecule has 26 nitrogen and oxygen atoms in total. The normalized spacial score (nSPS) is 32.2. The van der Waals surface area contributed by atoms with Crippen molar-refractivity contribution in [2.45, 2.75) is 412 Å². The Hall–Kier alpha value is -1.94. The highest BCUT2D eigenvalue weighted by atomic mass is 16.8. The first-order valence-corrected chi connectivity index (χ1v) is 37.8. The first-order chi connectivity index (χ1) is 46.7. The molecule has 4 heterocycles. The largest absolute Gasteiger partial charge is 0.394 e. The molecule has 0 spiro atoms. The lowest BCUT2D eigenvalue weighted by Crippen LogP contribution is -2.68. The zero-order chi connectivity index (χ0) is 71.1. The molecule has 0 bridgehead atoms. The molecule has 4 rings (SSSR count). The lowest BCUT2D eigenvalue weighted by molar-refractivity contribution is -0.373. The van der Waals surface area contributed by atoms with Gasteiger partial charge in [-0.05, 0) is 19.8 Å². The maximum absolute atomic E-state index is 13.8. The van der Waals surface area contributed by atoms with Crippen molar-refractivity contribution >= 4 is 11.8 Å². The van der Waals surface area contributed by atoms with Gasteiger partial charge in [-0.15, -0.1) is 0 Å². The van der Waals surface area contributed by atoms with E-state index in [1.807, 2.05) is 0 Å². The second-order valence-corrected chi connectivity index (χ2v) is 28.1. The topological polar surface area (TPSA) is 415 Å². The molecule has 0 radical (unpaired) electrons. The minimum absolute atomic E-state index is 0.125. The van der Waals surface area contributed by atoms with Gasteiger partial charge in [0.1, 0.15) is 104 Å². The smallest absolute Gasteiger partial charge is 0.249 e. The number of carbonyl (C=O) groups excluding carboxylic acids is 2.